The number of imidazole rings is 1. The highest BCUT2D eigenvalue weighted by atomic mass is 16.4. The van der Waals surface area contributed by atoms with Gasteiger partial charge in [0.05, 0.1) is 19.1 Å². The predicted octanol–water partition coefficient (Wildman–Crippen LogP) is 0.674. The summed E-state index contributed by atoms with van der Waals surface area (Å²) in [7, 11) is 0. The Balaban J connectivity index is 1.67. The molecule has 0 aliphatic heterocycles. The number of urea groups is 1. The number of carbonyl (C=O) groups excluding carboxylic acids is 1. The normalized spacial score (nSPS) is 10.2. The molecule has 2 heterocycles. The van der Waals surface area contributed by atoms with E-state index in [1.807, 2.05) is 0 Å². The van der Waals surface area contributed by atoms with Crippen LogP contribution in [0.25, 0.3) is 0 Å². The molecule has 0 fully saturated rings. The van der Waals surface area contributed by atoms with Gasteiger partial charge in [0.15, 0.2) is 5.69 Å². The van der Waals surface area contributed by atoms with E-state index in [0.29, 0.717) is 25.4 Å². The van der Waals surface area contributed by atoms with Gasteiger partial charge in [-0.2, -0.15) is 0 Å². The Labute approximate surface area is 114 Å². The first kappa shape index (κ1) is 13.7. The van der Waals surface area contributed by atoms with Crippen LogP contribution in [0.5, 0.6) is 0 Å². The molecule has 0 atom stereocenters. The first-order valence-corrected chi connectivity index (χ1v) is 5.94. The summed E-state index contributed by atoms with van der Waals surface area (Å²) in [5, 5.41) is 14.0. The molecule has 0 unspecified atom stereocenters. The quantitative estimate of drug-likeness (QED) is 0.719. The number of hydrogen-bond acceptors (Lipinski definition) is 4. The third-order valence-electron chi connectivity index (χ3n) is 2.51. The minimum absolute atomic E-state index is 0.0210. The molecule has 0 saturated heterocycles. The van der Waals surface area contributed by atoms with Crippen molar-refractivity contribution in [1.82, 2.24) is 20.2 Å². The summed E-state index contributed by atoms with van der Waals surface area (Å²) in [4.78, 5) is 25.8. The molecule has 0 aliphatic carbocycles. The number of nitrogens with zero attached hydrogens (tertiary/aromatic N) is 2. The van der Waals surface area contributed by atoms with E-state index in [4.69, 9.17) is 9.52 Å². The van der Waals surface area contributed by atoms with Gasteiger partial charge < -0.3 is 24.7 Å². The van der Waals surface area contributed by atoms with E-state index >= 15 is 0 Å². The topological polar surface area (TPSA) is 109 Å². The summed E-state index contributed by atoms with van der Waals surface area (Å²) in [5.74, 6) is -0.409. The zero-order valence-electron chi connectivity index (χ0n) is 10.6. The molecular formula is C12H14N4O4. The summed E-state index contributed by atoms with van der Waals surface area (Å²) >= 11 is 0. The van der Waals surface area contributed by atoms with Gasteiger partial charge in [0.2, 0.25) is 0 Å². The number of nitrogens with one attached hydrogen (secondary N) is 2. The van der Waals surface area contributed by atoms with Crippen molar-refractivity contribution in [2.45, 2.75) is 13.1 Å². The second kappa shape index (κ2) is 6.41. The zero-order chi connectivity index (χ0) is 14.4. The second-order valence-corrected chi connectivity index (χ2v) is 3.99. The molecular weight excluding hydrogens is 264 g/mol. The van der Waals surface area contributed by atoms with Gasteiger partial charge in [-0.05, 0) is 12.1 Å². The Hall–Kier alpha value is -2.77. The monoisotopic (exact) mass is 278 g/mol. The van der Waals surface area contributed by atoms with Crippen molar-refractivity contribution in [3.63, 3.8) is 0 Å². The third-order valence-corrected chi connectivity index (χ3v) is 2.51. The van der Waals surface area contributed by atoms with Gasteiger partial charge in [-0.25, -0.2) is 14.6 Å². The highest BCUT2D eigenvalue weighted by Crippen LogP contribution is 1.98. The van der Waals surface area contributed by atoms with Crippen LogP contribution in [0.4, 0.5) is 4.79 Å². The largest absolute Gasteiger partial charge is 0.476 e. The minimum Gasteiger partial charge on any atom is -0.476 e. The van der Waals surface area contributed by atoms with Crippen molar-refractivity contribution in [3.05, 3.63) is 42.4 Å². The van der Waals surface area contributed by atoms with Crippen molar-refractivity contribution < 1.29 is 19.1 Å². The summed E-state index contributed by atoms with van der Waals surface area (Å²) in [6, 6.07) is 3.19. The number of amides is 2. The average molecular weight is 278 g/mol. The molecule has 0 radical (unpaired) electrons. The first-order valence-electron chi connectivity index (χ1n) is 5.94. The molecule has 2 amide bonds. The van der Waals surface area contributed by atoms with Gasteiger partial charge in [0.1, 0.15) is 5.76 Å². The molecule has 106 valence electrons. The van der Waals surface area contributed by atoms with Crippen LogP contribution in [0.3, 0.4) is 0 Å². The minimum atomic E-state index is -1.08. The van der Waals surface area contributed by atoms with Crippen LogP contribution >= 0.6 is 0 Å². The number of carbonyl (C=O) groups is 2. The molecule has 8 heteroatoms. The maximum atomic E-state index is 11.5. The average Bonchev–Trinajstić information content (AvgIpc) is 3.07. The summed E-state index contributed by atoms with van der Waals surface area (Å²) in [6.45, 7) is 1.11. The lowest BCUT2D eigenvalue weighted by Crippen LogP contribution is -2.36. The van der Waals surface area contributed by atoms with Crippen LogP contribution in [0, 0.1) is 0 Å². The number of furan rings is 1. The van der Waals surface area contributed by atoms with Gasteiger partial charge in [-0.1, -0.05) is 0 Å². The van der Waals surface area contributed by atoms with Gasteiger partial charge in [-0.15, -0.1) is 0 Å². The lowest BCUT2D eigenvalue weighted by atomic mass is 10.4. The van der Waals surface area contributed by atoms with Crippen molar-refractivity contribution in [2.24, 2.45) is 0 Å². The molecule has 0 saturated carbocycles. The molecule has 20 heavy (non-hydrogen) atoms. The number of carboxylic acid groups (broad SMARTS) is 1. The predicted molar refractivity (Wildman–Crippen MR) is 68.1 cm³/mol. The number of carboxylic acids is 1. The Bertz CT molecular complexity index is 576. The van der Waals surface area contributed by atoms with Crippen molar-refractivity contribution >= 4 is 12.0 Å². The fourth-order valence-electron chi connectivity index (χ4n) is 1.53. The maximum absolute atomic E-state index is 11.5. The number of rotatable bonds is 6. The van der Waals surface area contributed by atoms with Gasteiger partial charge in [0, 0.05) is 19.3 Å². The third kappa shape index (κ3) is 3.87. The Morgan fingerprint density at radius 1 is 1.40 bits per heavy atom. The molecule has 0 spiro atoms. The molecule has 3 N–H and O–H groups in total. The van der Waals surface area contributed by atoms with E-state index in [1.54, 1.807) is 16.7 Å². The summed E-state index contributed by atoms with van der Waals surface area (Å²) in [5.41, 5.74) is -0.0210. The number of hydrogen-bond donors (Lipinski definition) is 3. The lowest BCUT2D eigenvalue weighted by Gasteiger charge is -2.06. The summed E-state index contributed by atoms with van der Waals surface area (Å²) < 4.78 is 6.67. The molecule has 2 aromatic rings. The van der Waals surface area contributed by atoms with Crippen molar-refractivity contribution in [2.75, 3.05) is 6.54 Å². The van der Waals surface area contributed by atoms with Crippen LogP contribution in [0.2, 0.25) is 0 Å². The maximum Gasteiger partial charge on any atom is 0.356 e. The Kier molecular flexibility index (Phi) is 4.38. The van der Waals surface area contributed by atoms with Gasteiger partial charge >= 0.3 is 12.0 Å². The molecule has 2 rings (SSSR count). The second-order valence-electron chi connectivity index (χ2n) is 3.99. The highest BCUT2D eigenvalue weighted by molar-refractivity contribution is 5.84. The van der Waals surface area contributed by atoms with E-state index in [2.05, 4.69) is 15.6 Å². The molecule has 2 aromatic heterocycles. The molecule has 8 nitrogen and oxygen atoms in total. The Morgan fingerprint density at radius 2 is 2.25 bits per heavy atom. The molecule has 0 aromatic carbocycles. The highest BCUT2D eigenvalue weighted by Gasteiger charge is 2.06. The summed E-state index contributed by atoms with van der Waals surface area (Å²) in [6.07, 6.45) is 4.35. The fourth-order valence-corrected chi connectivity index (χ4v) is 1.53. The molecule has 0 bridgehead atoms. The van der Waals surface area contributed by atoms with Gasteiger partial charge in [0.25, 0.3) is 0 Å². The van der Waals surface area contributed by atoms with Gasteiger partial charge in [-0.3, -0.25) is 0 Å². The van der Waals surface area contributed by atoms with Crippen molar-refractivity contribution in [1.29, 1.82) is 0 Å². The van der Waals surface area contributed by atoms with E-state index in [1.165, 1.54) is 18.8 Å². The standard InChI is InChI=1S/C12H14N4O4/c17-11(18)10-7-16(8-15-10)4-3-13-12(19)14-6-9-2-1-5-20-9/h1-2,5,7-8H,3-4,6H2,(H,17,18)(H2,13,14,19). The first-order chi connectivity index (χ1) is 9.65. The van der Waals surface area contributed by atoms with Crippen LogP contribution in [0.1, 0.15) is 16.2 Å². The van der Waals surface area contributed by atoms with Crippen LogP contribution in [0.15, 0.2) is 35.3 Å². The van der Waals surface area contributed by atoms with Crippen LogP contribution < -0.4 is 10.6 Å². The SMILES string of the molecule is O=C(NCCn1cnc(C(=O)O)c1)NCc1ccco1. The van der Waals surface area contributed by atoms with Crippen LogP contribution in [-0.4, -0.2) is 33.2 Å². The van der Waals surface area contributed by atoms with Crippen LogP contribution in [-0.2, 0) is 13.1 Å². The number of aromatic nitrogens is 2. The fraction of sp³-hybridized carbons (Fsp3) is 0.250. The van der Waals surface area contributed by atoms with Crippen molar-refractivity contribution in [3.8, 4) is 0 Å². The molecule has 0 aliphatic rings. The van der Waals surface area contributed by atoms with E-state index in [0.717, 1.165) is 0 Å². The smallest absolute Gasteiger partial charge is 0.356 e. The number of aromatic carboxylic acids is 1. The zero-order valence-corrected chi connectivity index (χ0v) is 10.6. The van der Waals surface area contributed by atoms with E-state index in [9.17, 15) is 9.59 Å². The van der Waals surface area contributed by atoms with E-state index < -0.39 is 5.97 Å². The van der Waals surface area contributed by atoms with E-state index in [-0.39, 0.29) is 11.7 Å². The Morgan fingerprint density at radius 3 is 2.90 bits per heavy atom. The lowest BCUT2D eigenvalue weighted by molar-refractivity contribution is 0.0691.